The van der Waals surface area contributed by atoms with Gasteiger partial charge in [0.1, 0.15) is 6.26 Å². The zero-order chi connectivity index (χ0) is 26.0. The predicted molar refractivity (Wildman–Crippen MR) is 146 cm³/mol. The normalized spacial score (nSPS) is 18.5. The number of allylic oxidation sites excluding steroid dienone is 3. The second-order valence-electron chi connectivity index (χ2n) is 10.5. The number of aromatic nitrogens is 1. The van der Waals surface area contributed by atoms with Crippen molar-refractivity contribution in [1.29, 1.82) is 0 Å². The number of unbranched alkanes of at least 4 members (excludes halogenated alkanes) is 1. The minimum atomic E-state index is -0.784. The number of carboxylic acid groups (broad SMARTS) is 1. The molecule has 1 aromatic heterocycles. The van der Waals surface area contributed by atoms with Crippen LogP contribution in [0, 0.1) is 11.8 Å². The maximum Gasteiger partial charge on any atom is 0.303 e. The number of nitrogens with one attached hydrogen (secondary N) is 1. The summed E-state index contributed by atoms with van der Waals surface area (Å²) in [7, 11) is 0. The summed E-state index contributed by atoms with van der Waals surface area (Å²) in [4.78, 5) is 28.9. The Kier molecular flexibility index (Phi) is 9.75. The summed E-state index contributed by atoms with van der Waals surface area (Å²) in [5.41, 5.74) is 4.96. The van der Waals surface area contributed by atoms with E-state index >= 15 is 0 Å². The number of hydrogen-bond acceptors (Lipinski definition) is 4. The number of aliphatic carboxylic acids is 1. The minimum Gasteiger partial charge on any atom is -0.481 e. The summed E-state index contributed by atoms with van der Waals surface area (Å²) in [5, 5.41) is 12.3. The van der Waals surface area contributed by atoms with Gasteiger partial charge >= 0.3 is 5.97 Å². The third kappa shape index (κ3) is 7.21. The molecule has 0 spiro atoms. The van der Waals surface area contributed by atoms with Gasteiger partial charge in [-0.15, -0.1) is 0 Å². The number of rotatable bonds is 12. The lowest BCUT2D eigenvalue weighted by molar-refractivity contribution is -0.137. The van der Waals surface area contributed by atoms with Crippen LogP contribution >= 0.6 is 0 Å². The van der Waals surface area contributed by atoms with Gasteiger partial charge in [0.25, 0.3) is 0 Å². The lowest BCUT2D eigenvalue weighted by Gasteiger charge is -2.28. The molecule has 1 atom stereocenters. The van der Waals surface area contributed by atoms with E-state index in [1.807, 2.05) is 24.3 Å². The third-order valence-corrected chi connectivity index (χ3v) is 7.93. The Morgan fingerprint density at radius 3 is 2.59 bits per heavy atom. The van der Waals surface area contributed by atoms with Crippen LogP contribution in [0.3, 0.4) is 0 Å². The summed E-state index contributed by atoms with van der Waals surface area (Å²) >= 11 is 0. The van der Waals surface area contributed by atoms with Gasteiger partial charge in [0.2, 0.25) is 11.8 Å². The molecule has 1 aromatic carbocycles. The maximum atomic E-state index is 13.5. The molecular formula is C31H40N2O4. The van der Waals surface area contributed by atoms with Gasteiger partial charge in [-0.2, -0.15) is 0 Å². The highest BCUT2D eigenvalue weighted by Gasteiger charge is 2.31. The van der Waals surface area contributed by atoms with E-state index in [9.17, 15) is 9.59 Å². The summed E-state index contributed by atoms with van der Waals surface area (Å²) < 4.78 is 5.63. The molecule has 1 fully saturated rings. The molecule has 1 saturated carbocycles. The number of nitrogens with zero attached hydrogens (tertiary/aromatic N) is 1. The monoisotopic (exact) mass is 504 g/mol. The summed E-state index contributed by atoms with van der Waals surface area (Å²) in [6, 6.07) is 7.94. The van der Waals surface area contributed by atoms with Gasteiger partial charge in [0.05, 0.1) is 12.1 Å². The van der Waals surface area contributed by atoms with Gasteiger partial charge in [0, 0.05) is 18.5 Å². The Morgan fingerprint density at radius 2 is 1.86 bits per heavy atom. The van der Waals surface area contributed by atoms with Crippen LogP contribution < -0.4 is 5.32 Å². The number of benzene rings is 1. The molecule has 37 heavy (non-hydrogen) atoms. The molecule has 1 unspecified atom stereocenters. The molecule has 4 rings (SSSR count). The van der Waals surface area contributed by atoms with Gasteiger partial charge in [-0.1, -0.05) is 69.2 Å². The van der Waals surface area contributed by atoms with Gasteiger partial charge < -0.3 is 14.8 Å². The molecule has 6 heteroatoms. The smallest absolute Gasteiger partial charge is 0.303 e. The second-order valence-corrected chi connectivity index (χ2v) is 10.5. The maximum absolute atomic E-state index is 13.5. The van der Waals surface area contributed by atoms with Crippen molar-refractivity contribution in [1.82, 2.24) is 10.3 Å². The highest BCUT2D eigenvalue weighted by molar-refractivity contribution is 5.97. The highest BCUT2D eigenvalue weighted by Crippen LogP contribution is 2.42. The molecule has 198 valence electrons. The van der Waals surface area contributed by atoms with Crippen molar-refractivity contribution in [2.75, 3.05) is 6.54 Å². The van der Waals surface area contributed by atoms with E-state index in [2.05, 4.69) is 23.3 Å². The lowest BCUT2D eigenvalue weighted by Crippen LogP contribution is -2.33. The second kappa shape index (κ2) is 13.4. The summed E-state index contributed by atoms with van der Waals surface area (Å²) in [5.74, 6) is 0.358. The zero-order valence-corrected chi connectivity index (χ0v) is 22.0. The first-order valence-electron chi connectivity index (χ1n) is 13.9. The fourth-order valence-electron chi connectivity index (χ4n) is 5.94. The van der Waals surface area contributed by atoms with E-state index in [0.717, 1.165) is 46.6 Å². The Hall–Kier alpha value is -3.15. The number of carbonyl (C=O) groups is 2. The van der Waals surface area contributed by atoms with Crippen LogP contribution in [-0.4, -0.2) is 28.5 Å². The number of carbonyl (C=O) groups excluding carboxylic acids is 1. The van der Waals surface area contributed by atoms with Gasteiger partial charge in [0.15, 0.2) is 0 Å². The summed E-state index contributed by atoms with van der Waals surface area (Å²) in [6.45, 7) is 2.75. The Bertz CT molecular complexity index is 1110. The quantitative estimate of drug-likeness (QED) is 0.299. The topological polar surface area (TPSA) is 92.4 Å². The number of carboxylic acids is 1. The minimum absolute atomic E-state index is 0.0510. The Morgan fingerprint density at radius 1 is 1.08 bits per heavy atom. The van der Waals surface area contributed by atoms with Crippen molar-refractivity contribution < 1.29 is 19.1 Å². The average molecular weight is 505 g/mol. The van der Waals surface area contributed by atoms with Crippen molar-refractivity contribution in [2.24, 2.45) is 11.8 Å². The van der Waals surface area contributed by atoms with Crippen LogP contribution in [0.25, 0.3) is 17.0 Å². The zero-order valence-electron chi connectivity index (χ0n) is 22.0. The number of hydrogen-bond donors (Lipinski definition) is 2. The molecule has 0 bridgehead atoms. The fourth-order valence-corrected chi connectivity index (χ4v) is 5.94. The highest BCUT2D eigenvalue weighted by atomic mass is 16.4. The molecule has 1 heterocycles. The molecule has 6 nitrogen and oxygen atoms in total. The molecule has 0 saturated heterocycles. The number of oxazole rings is 1. The first-order valence-corrected chi connectivity index (χ1v) is 13.9. The molecular weight excluding hydrogens is 464 g/mol. The van der Waals surface area contributed by atoms with Crippen molar-refractivity contribution >= 4 is 17.4 Å². The van der Waals surface area contributed by atoms with E-state index < -0.39 is 5.97 Å². The molecule has 0 aliphatic heterocycles. The average Bonchev–Trinajstić information content (AvgIpc) is 3.44. The van der Waals surface area contributed by atoms with Crippen LogP contribution in [-0.2, 0) is 9.59 Å². The van der Waals surface area contributed by atoms with Gasteiger partial charge in [-0.25, -0.2) is 4.98 Å². The molecule has 2 aliphatic carbocycles. The largest absolute Gasteiger partial charge is 0.481 e. The van der Waals surface area contributed by atoms with E-state index in [-0.39, 0.29) is 18.2 Å². The van der Waals surface area contributed by atoms with Crippen LogP contribution in [0.15, 0.2) is 58.4 Å². The standard InChI is InChI=1S/C31H40N2O4/c1-22-24(13-9-16-28(34)35)17-18-27(30(36)32-19-8-7-12-23-10-3-2-4-11-23)29(22)25-14-5-6-15-26(25)31-33-20-21-37-31/h5-6,14-15,17,20-21,23,27H,2-4,7-13,16,18-19H2,1H3,(H,32,36)(H,34,35). The lowest BCUT2D eigenvalue weighted by atomic mass is 9.77. The number of amides is 1. The Balaban J connectivity index is 1.49. The first-order chi connectivity index (χ1) is 18.0. The van der Waals surface area contributed by atoms with Gasteiger partial charge in [-0.05, 0) is 66.9 Å². The van der Waals surface area contributed by atoms with Crippen molar-refractivity contribution in [3.63, 3.8) is 0 Å². The van der Waals surface area contributed by atoms with Crippen molar-refractivity contribution in [3.8, 4) is 11.5 Å². The molecule has 2 aromatic rings. The molecule has 1 amide bonds. The predicted octanol–water partition coefficient (Wildman–Crippen LogP) is 7.18. The fraction of sp³-hybridized carbons (Fsp3) is 0.516. The molecule has 2 aliphatic rings. The molecule has 0 radical (unpaired) electrons. The van der Waals surface area contributed by atoms with Crippen LogP contribution in [0.4, 0.5) is 0 Å². The third-order valence-electron chi connectivity index (χ3n) is 7.93. The SMILES string of the molecule is CC1=C(c2ccccc2-c2ncco2)C(C(=O)NCCCCC2CCCCC2)CC=C1CCCC(=O)O. The summed E-state index contributed by atoms with van der Waals surface area (Å²) in [6.07, 6.45) is 17.6. The Labute approximate surface area is 220 Å². The van der Waals surface area contributed by atoms with Crippen LogP contribution in [0.1, 0.15) is 89.5 Å². The van der Waals surface area contributed by atoms with E-state index in [4.69, 9.17) is 9.52 Å². The van der Waals surface area contributed by atoms with Crippen LogP contribution in [0.2, 0.25) is 0 Å². The van der Waals surface area contributed by atoms with Crippen molar-refractivity contribution in [3.05, 3.63) is 59.5 Å². The van der Waals surface area contributed by atoms with E-state index in [1.165, 1.54) is 38.5 Å². The first kappa shape index (κ1) is 26.9. The van der Waals surface area contributed by atoms with Crippen LogP contribution in [0.5, 0.6) is 0 Å². The van der Waals surface area contributed by atoms with Crippen molar-refractivity contribution in [2.45, 2.75) is 84.0 Å². The van der Waals surface area contributed by atoms with E-state index in [1.54, 1.807) is 12.5 Å². The molecule has 2 N–H and O–H groups in total. The van der Waals surface area contributed by atoms with E-state index in [0.29, 0.717) is 31.7 Å². The van der Waals surface area contributed by atoms with Gasteiger partial charge in [-0.3, -0.25) is 9.59 Å².